The molecule has 1 N–H and O–H groups in total. The number of nitro benzene ring substituents is 1. The van der Waals surface area contributed by atoms with Crippen LogP contribution in [0.5, 0.6) is 0 Å². The van der Waals surface area contributed by atoms with E-state index < -0.39 is 4.92 Å². The van der Waals surface area contributed by atoms with Crippen LogP contribution in [-0.4, -0.2) is 17.4 Å². The predicted molar refractivity (Wildman–Crippen MR) is 65.9 cm³/mol. The molecule has 5 nitrogen and oxygen atoms in total. The standard InChI is InChI=1S/C11H11BrN2O3/c12-9-4-3-8(5-10(9)14(16)17)11(15)13-6-7-1-2-7/h3-5,7H,1-2,6H2,(H,13,15). The Kier molecular flexibility index (Phi) is 3.42. The van der Waals surface area contributed by atoms with Gasteiger partial charge in [0.05, 0.1) is 9.40 Å². The van der Waals surface area contributed by atoms with Gasteiger partial charge in [-0.15, -0.1) is 0 Å². The second kappa shape index (κ2) is 4.83. The third-order valence-electron chi connectivity index (χ3n) is 2.65. The highest BCUT2D eigenvalue weighted by atomic mass is 79.9. The highest BCUT2D eigenvalue weighted by molar-refractivity contribution is 9.10. The molecule has 17 heavy (non-hydrogen) atoms. The molecule has 0 radical (unpaired) electrons. The van der Waals surface area contributed by atoms with E-state index in [9.17, 15) is 14.9 Å². The van der Waals surface area contributed by atoms with Crippen molar-refractivity contribution in [1.82, 2.24) is 5.32 Å². The van der Waals surface area contributed by atoms with Crippen LogP contribution in [-0.2, 0) is 0 Å². The minimum Gasteiger partial charge on any atom is -0.352 e. The van der Waals surface area contributed by atoms with Gasteiger partial charge in [0.1, 0.15) is 0 Å². The summed E-state index contributed by atoms with van der Waals surface area (Å²) in [5.41, 5.74) is 0.227. The van der Waals surface area contributed by atoms with Gasteiger partial charge in [-0.2, -0.15) is 0 Å². The molecule has 90 valence electrons. The van der Waals surface area contributed by atoms with E-state index in [1.54, 1.807) is 6.07 Å². The lowest BCUT2D eigenvalue weighted by molar-refractivity contribution is -0.385. The number of benzene rings is 1. The highest BCUT2D eigenvalue weighted by Gasteiger charge is 2.22. The lowest BCUT2D eigenvalue weighted by atomic mass is 10.2. The van der Waals surface area contributed by atoms with Crippen molar-refractivity contribution < 1.29 is 9.72 Å². The van der Waals surface area contributed by atoms with Crippen LogP contribution in [0.25, 0.3) is 0 Å². The molecule has 1 aromatic rings. The molecule has 0 bridgehead atoms. The van der Waals surface area contributed by atoms with E-state index in [1.165, 1.54) is 12.1 Å². The lowest BCUT2D eigenvalue weighted by Gasteiger charge is -2.04. The van der Waals surface area contributed by atoms with Crippen molar-refractivity contribution in [3.8, 4) is 0 Å². The quantitative estimate of drug-likeness (QED) is 0.686. The summed E-state index contributed by atoms with van der Waals surface area (Å²) >= 11 is 3.08. The maximum absolute atomic E-state index is 11.7. The first-order chi connectivity index (χ1) is 8.08. The van der Waals surface area contributed by atoms with Crippen molar-refractivity contribution in [3.63, 3.8) is 0 Å². The van der Waals surface area contributed by atoms with Crippen molar-refractivity contribution in [2.45, 2.75) is 12.8 Å². The van der Waals surface area contributed by atoms with Crippen LogP contribution in [0.4, 0.5) is 5.69 Å². The van der Waals surface area contributed by atoms with E-state index >= 15 is 0 Å². The number of nitro groups is 1. The Morgan fingerprint density at radius 1 is 1.53 bits per heavy atom. The van der Waals surface area contributed by atoms with Gasteiger partial charge < -0.3 is 5.32 Å². The Morgan fingerprint density at radius 2 is 2.24 bits per heavy atom. The van der Waals surface area contributed by atoms with Gasteiger partial charge in [-0.25, -0.2) is 0 Å². The molecule has 6 heteroatoms. The van der Waals surface area contributed by atoms with Gasteiger partial charge in [0.15, 0.2) is 0 Å². The van der Waals surface area contributed by atoms with Gasteiger partial charge in [-0.3, -0.25) is 14.9 Å². The fourth-order valence-corrected chi connectivity index (χ4v) is 1.85. The topological polar surface area (TPSA) is 72.2 Å². The van der Waals surface area contributed by atoms with Crippen LogP contribution in [0.2, 0.25) is 0 Å². The maximum Gasteiger partial charge on any atom is 0.284 e. The molecule has 1 amide bonds. The van der Waals surface area contributed by atoms with Gasteiger partial charge in [-0.1, -0.05) is 0 Å². The van der Waals surface area contributed by atoms with Gasteiger partial charge in [0.2, 0.25) is 0 Å². The average molecular weight is 299 g/mol. The summed E-state index contributed by atoms with van der Waals surface area (Å²) in [6.07, 6.45) is 2.31. The number of hydrogen-bond acceptors (Lipinski definition) is 3. The Bertz CT molecular complexity index is 472. The molecule has 0 unspecified atom stereocenters. The molecule has 0 spiro atoms. The first-order valence-electron chi connectivity index (χ1n) is 5.30. The Hall–Kier alpha value is -1.43. The number of nitrogens with one attached hydrogen (secondary N) is 1. The van der Waals surface area contributed by atoms with E-state index in [2.05, 4.69) is 21.2 Å². The minimum atomic E-state index is -0.512. The second-order valence-electron chi connectivity index (χ2n) is 4.08. The lowest BCUT2D eigenvalue weighted by Crippen LogP contribution is -2.25. The number of amides is 1. The molecular weight excluding hydrogens is 288 g/mol. The normalized spacial score (nSPS) is 14.4. The number of carbonyl (C=O) groups excluding carboxylic acids is 1. The Labute approximate surface area is 106 Å². The fraction of sp³-hybridized carbons (Fsp3) is 0.364. The SMILES string of the molecule is O=C(NCC1CC1)c1ccc(Br)c([N+](=O)[O-])c1. The molecule has 1 fully saturated rings. The average Bonchev–Trinajstić information content (AvgIpc) is 3.10. The number of carbonyl (C=O) groups is 1. The van der Waals surface area contributed by atoms with Crippen LogP contribution < -0.4 is 5.32 Å². The van der Waals surface area contributed by atoms with E-state index in [0.29, 0.717) is 22.5 Å². The molecule has 1 saturated carbocycles. The largest absolute Gasteiger partial charge is 0.352 e. The molecule has 0 saturated heterocycles. The maximum atomic E-state index is 11.7. The zero-order valence-electron chi connectivity index (χ0n) is 8.98. The van der Waals surface area contributed by atoms with Crippen LogP contribution in [0.3, 0.4) is 0 Å². The molecular formula is C11H11BrN2O3. The predicted octanol–water partition coefficient (Wildman–Crippen LogP) is 2.50. The molecule has 1 aliphatic carbocycles. The second-order valence-corrected chi connectivity index (χ2v) is 4.93. The molecule has 0 aromatic heterocycles. The molecule has 0 atom stereocenters. The summed E-state index contributed by atoms with van der Waals surface area (Å²) < 4.78 is 0.376. The molecule has 0 aliphatic heterocycles. The zero-order valence-corrected chi connectivity index (χ0v) is 10.6. The van der Waals surface area contributed by atoms with Crippen molar-refractivity contribution in [2.24, 2.45) is 5.92 Å². The Morgan fingerprint density at radius 3 is 2.82 bits per heavy atom. The Balaban J connectivity index is 2.11. The van der Waals surface area contributed by atoms with Crippen LogP contribution in [0.1, 0.15) is 23.2 Å². The van der Waals surface area contributed by atoms with Gasteiger partial charge in [0, 0.05) is 18.2 Å². The van der Waals surface area contributed by atoms with Crippen molar-refractivity contribution in [2.75, 3.05) is 6.54 Å². The van der Waals surface area contributed by atoms with E-state index in [4.69, 9.17) is 0 Å². The third kappa shape index (κ3) is 3.03. The fourth-order valence-electron chi connectivity index (χ4n) is 1.45. The van der Waals surface area contributed by atoms with E-state index in [-0.39, 0.29) is 11.6 Å². The summed E-state index contributed by atoms with van der Waals surface area (Å²) in [4.78, 5) is 21.9. The zero-order chi connectivity index (χ0) is 12.4. The summed E-state index contributed by atoms with van der Waals surface area (Å²) in [7, 11) is 0. The first-order valence-corrected chi connectivity index (χ1v) is 6.09. The van der Waals surface area contributed by atoms with Gasteiger partial charge in [-0.05, 0) is 46.8 Å². The summed E-state index contributed by atoms with van der Waals surface area (Å²) in [5.74, 6) is 0.330. The number of nitrogens with zero attached hydrogens (tertiary/aromatic N) is 1. The van der Waals surface area contributed by atoms with Crippen LogP contribution in [0, 0.1) is 16.0 Å². The third-order valence-corrected chi connectivity index (χ3v) is 3.32. The van der Waals surface area contributed by atoms with Gasteiger partial charge >= 0.3 is 0 Å². The van der Waals surface area contributed by atoms with Gasteiger partial charge in [0.25, 0.3) is 11.6 Å². The number of hydrogen-bond donors (Lipinski definition) is 1. The van der Waals surface area contributed by atoms with Crippen molar-refractivity contribution in [1.29, 1.82) is 0 Å². The summed E-state index contributed by atoms with van der Waals surface area (Å²) in [6.45, 7) is 0.655. The first kappa shape index (κ1) is 12.0. The summed E-state index contributed by atoms with van der Waals surface area (Å²) in [5, 5.41) is 13.5. The van der Waals surface area contributed by atoms with Crippen LogP contribution >= 0.6 is 15.9 Å². The van der Waals surface area contributed by atoms with E-state index in [1.807, 2.05) is 0 Å². The van der Waals surface area contributed by atoms with Crippen molar-refractivity contribution in [3.05, 3.63) is 38.3 Å². The van der Waals surface area contributed by atoms with E-state index in [0.717, 1.165) is 12.8 Å². The smallest absolute Gasteiger partial charge is 0.284 e. The molecule has 1 aromatic carbocycles. The summed E-state index contributed by atoms with van der Waals surface area (Å²) in [6, 6.07) is 4.37. The molecule has 2 rings (SSSR count). The van der Waals surface area contributed by atoms with Crippen molar-refractivity contribution >= 4 is 27.5 Å². The number of halogens is 1. The highest BCUT2D eigenvalue weighted by Crippen LogP contribution is 2.28. The monoisotopic (exact) mass is 298 g/mol. The molecule has 1 aliphatic rings. The number of rotatable bonds is 4. The minimum absolute atomic E-state index is 0.0935. The molecule has 0 heterocycles. The van der Waals surface area contributed by atoms with Crippen LogP contribution in [0.15, 0.2) is 22.7 Å².